The molecule has 4 rings (SSSR count). The lowest BCUT2D eigenvalue weighted by atomic mass is 10.0. The van der Waals surface area contributed by atoms with Crippen molar-refractivity contribution in [1.82, 2.24) is 19.9 Å². The number of carbonyl (C=O) groups excluding carboxylic acids is 1. The second-order valence-corrected chi connectivity index (χ2v) is 7.09. The van der Waals surface area contributed by atoms with Crippen molar-refractivity contribution in [2.75, 3.05) is 12.3 Å². The number of nitrogens with two attached hydrogens (primary N) is 1. The number of anilines is 1. The van der Waals surface area contributed by atoms with E-state index in [1.54, 1.807) is 24.1 Å². The highest BCUT2D eigenvalue weighted by Gasteiger charge is 2.32. The Morgan fingerprint density at radius 3 is 2.86 bits per heavy atom. The largest absolute Gasteiger partial charge is 0.443 e. The molecule has 2 N–H and O–H groups in total. The molecule has 1 aromatic carbocycles. The van der Waals surface area contributed by atoms with E-state index in [1.165, 1.54) is 0 Å². The van der Waals surface area contributed by atoms with Crippen LogP contribution in [0.3, 0.4) is 0 Å². The predicted molar refractivity (Wildman–Crippen MR) is 105 cm³/mol. The van der Waals surface area contributed by atoms with Crippen molar-refractivity contribution in [2.24, 2.45) is 0 Å². The summed E-state index contributed by atoms with van der Waals surface area (Å²) in [5.41, 5.74) is 7.87. The molecule has 144 valence electrons. The fourth-order valence-corrected chi connectivity index (χ4v) is 3.64. The van der Waals surface area contributed by atoms with Crippen LogP contribution in [0, 0.1) is 6.92 Å². The second kappa shape index (κ2) is 7.80. The first kappa shape index (κ1) is 18.2. The van der Waals surface area contributed by atoms with Crippen LogP contribution in [0.1, 0.15) is 58.7 Å². The summed E-state index contributed by atoms with van der Waals surface area (Å²) < 4.78 is 6.03. The lowest BCUT2D eigenvalue weighted by Gasteiger charge is -2.33. The van der Waals surface area contributed by atoms with Crippen molar-refractivity contribution < 1.29 is 9.21 Å². The topological polar surface area (TPSA) is 98.1 Å². The zero-order chi connectivity index (χ0) is 19.5. The van der Waals surface area contributed by atoms with Gasteiger partial charge in [0.15, 0.2) is 0 Å². The van der Waals surface area contributed by atoms with E-state index in [1.807, 2.05) is 18.2 Å². The molecule has 1 atom stereocenters. The van der Waals surface area contributed by atoms with E-state index in [2.05, 4.69) is 27.1 Å². The summed E-state index contributed by atoms with van der Waals surface area (Å²) in [5, 5.41) is 0. The Kier molecular flexibility index (Phi) is 5.06. The zero-order valence-electron chi connectivity index (χ0n) is 15.8. The molecule has 1 unspecified atom stereocenters. The standard InChI is InChI=1S/C21H23N5O2/c1-14-11-17(25-21(22)24-14)20(27)26-10-6-5-9-18(26)19-23-13-16(28-19)12-15-7-3-2-4-8-15/h2-4,7-8,11,13,18H,5-6,9-10,12H2,1H3,(H2,22,24,25). The van der Waals surface area contributed by atoms with Crippen LogP contribution < -0.4 is 5.73 Å². The minimum Gasteiger partial charge on any atom is -0.443 e. The zero-order valence-corrected chi connectivity index (χ0v) is 15.8. The molecule has 0 aliphatic carbocycles. The van der Waals surface area contributed by atoms with Crippen LogP contribution in [0.4, 0.5) is 5.95 Å². The van der Waals surface area contributed by atoms with Crippen molar-refractivity contribution in [2.45, 2.75) is 38.6 Å². The Hall–Kier alpha value is -3.22. The first-order valence-corrected chi connectivity index (χ1v) is 9.51. The van der Waals surface area contributed by atoms with Crippen LogP contribution in [0.2, 0.25) is 0 Å². The Labute approximate surface area is 163 Å². The monoisotopic (exact) mass is 377 g/mol. The number of piperidine rings is 1. The van der Waals surface area contributed by atoms with Gasteiger partial charge in [-0.2, -0.15) is 0 Å². The van der Waals surface area contributed by atoms with E-state index >= 15 is 0 Å². The van der Waals surface area contributed by atoms with Gasteiger partial charge < -0.3 is 15.1 Å². The van der Waals surface area contributed by atoms with Gasteiger partial charge in [0.05, 0.1) is 6.20 Å². The summed E-state index contributed by atoms with van der Waals surface area (Å²) in [6.45, 7) is 2.44. The number of likely N-dealkylation sites (tertiary alicyclic amines) is 1. The number of benzene rings is 1. The molecule has 0 spiro atoms. The predicted octanol–water partition coefficient (Wildman–Crippen LogP) is 3.31. The van der Waals surface area contributed by atoms with E-state index in [-0.39, 0.29) is 17.9 Å². The first-order chi connectivity index (χ1) is 13.6. The molecule has 1 aliphatic rings. The van der Waals surface area contributed by atoms with E-state index in [0.29, 0.717) is 30.2 Å². The molecule has 3 aromatic rings. The first-order valence-electron chi connectivity index (χ1n) is 9.51. The molecule has 0 radical (unpaired) electrons. The molecule has 0 bridgehead atoms. The second-order valence-electron chi connectivity index (χ2n) is 7.09. The Morgan fingerprint density at radius 2 is 2.07 bits per heavy atom. The number of hydrogen-bond donors (Lipinski definition) is 1. The fourth-order valence-electron chi connectivity index (χ4n) is 3.64. The van der Waals surface area contributed by atoms with Crippen LogP contribution in [0.25, 0.3) is 0 Å². The maximum Gasteiger partial charge on any atom is 0.273 e. The number of carbonyl (C=O) groups is 1. The van der Waals surface area contributed by atoms with Crippen LogP contribution in [-0.2, 0) is 6.42 Å². The molecular weight excluding hydrogens is 354 g/mol. The van der Waals surface area contributed by atoms with Crippen LogP contribution in [0.15, 0.2) is 47.0 Å². The molecule has 7 heteroatoms. The Balaban J connectivity index is 1.56. The number of aryl methyl sites for hydroxylation is 1. The average molecular weight is 377 g/mol. The normalized spacial score (nSPS) is 16.9. The number of aromatic nitrogens is 3. The minimum absolute atomic E-state index is 0.109. The van der Waals surface area contributed by atoms with E-state index < -0.39 is 0 Å². The molecule has 2 aromatic heterocycles. The molecule has 0 saturated carbocycles. The highest BCUT2D eigenvalue weighted by atomic mass is 16.4. The van der Waals surface area contributed by atoms with Gasteiger partial charge in [0, 0.05) is 18.7 Å². The molecule has 1 saturated heterocycles. The van der Waals surface area contributed by atoms with Gasteiger partial charge >= 0.3 is 0 Å². The molecule has 1 aliphatic heterocycles. The summed E-state index contributed by atoms with van der Waals surface area (Å²) >= 11 is 0. The third-order valence-electron chi connectivity index (χ3n) is 4.93. The number of oxazole rings is 1. The highest BCUT2D eigenvalue weighted by molar-refractivity contribution is 5.93. The number of nitrogens with zero attached hydrogens (tertiary/aromatic N) is 4. The summed E-state index contributed by atoms with van der Waals surface area (Å²) in [6, 6.07) is 11.6. The van der Waals surface area contributed by atoms with Gasteiger partial charge in [-0.1, -0.05) is 30.3 Å². The molecular formula is C21H23N5O2. The SMILES string of the molecule is Cc1cc(C(=O)N2CCCCC2c2ncc(Cc3ccccc3)o2)nc(N)n1. The Morgan fingerprint density at radius 1 is 1.25 bits per heavy atom. The van der Waals surface area contributed by atoms with E-state index in [0.717, 1.165) is 30.6 Å². The summed E-state index contributed by atoms with van der Waals surface area (Å²) in [5.74, 6) is 1.32. The van der Waals surface area contributed by atoms with Gasteiger partial charge in [-0.05, 0) is 37.8 Å². The van der Waals surface area contributed by atoms with Gasteiger partial charge in [0.2, 0.25) is 11.8 Å². The average Bonchev–Trinajstić information content (AvgIpc) is 3.16. The van der Waals surface area contributed by atoms with Gasteiger partial charge in [0.25, 0.3) is 5.91 Å². The van der Waals surface area contributed by atoms with Crippen LogP contribution >= 0.6 is 0 Å². The van der Waals surface area contributed by atoms with Gasteiger partial charge in [-0.3, -0.25) is 4.79 Å². The quantitative estimate of drug-likeness (QED) is 0.749. The number of amides is 1. The highest BCUT2D eigenvalue weighted by Crippen LogP contribution is 2.32. The maximum atomic E-state index is 13.1. The van der Waals surface area contributed by atoms with Gasteiger partial charge in [0.1, 0.15) is 17.5 Å². The van der Waals surface area contributed by atoms with E-state index in [4.69, 9.17) is 10.2 Å². The molecule has 28 heavy (non-hydrogen) atoms. The van der Waals surface area contributed by atoms with Crippen molar-refractivity contribution in [1.29, 1.82) is 0 Å². The third-order valence-corrected chi connectivity index (χ3v) is 4.93. The summed E-state index contributed by atoms with van der Waals surface area (Å²) in [6.07, 6.45) is 5.22. The molecule has 3 heterocycles. The molecule has 1 fully saturated rings. The smallest absolute Gasteiger partial charge is 0.273 e. The minimum atomic E-state index is -0.192. The van der Waals surface area contributed by atoms with Gasteiger partial charge in [-0.15, -0.1) is 0 Å². The maximum absolute atomic E-state index is 13.1. The van der Waals surface area contributed by atoms with Crippen molar-refractivity contribution >= 4 is 11.9 Å². The molecule has 7 nitrogen and oxygen atoms in total. The van der Waals surface area contributed by atoms with Crippen molar-refractivity contribution in [3.8, 4) is 0 Å². The van der Waals surface area contributed by atoms with Crippen molar-refractivity contribution in [3.63, 3.8) is 0 Å². The lowest BCUT2D eigenvalue weighted by Crippen LogP contribution is -2.39. The summed E-state index contributed by atoms with van der Waals surface area (Å²) in [7, 11) is 0. The number of rotatable bonds is 4. The van der Waals surface area contributed by atoms with Crippen LogP contribution in [-0.4, -0.2) is 32.3 Å². The summed E-state index contributed by atoms with van der Waals surface area (Å²) in [4.78, 5) is 27.5. The lowest BCUT2D eigenvalue weighted by molar-refractivity contribution is 0.0564. The van der Waals surface area contributed by atoms with E-state index in [9.17, 15) is 4.79 Å². The number of hydrogen-bond acceptors (Lipinski definition) is 6. The van der Waals surface area contributed by atoms with Crippen molar-refractivity contribution in [3.05, 3.63) is 71.2 Å². The Bertz CT molecular complexity index is 950. The van der Waals surface area contributed by atoms with Gasteiger partial charge in [-0.25, -0.2) is 15.0 Å². The fraction of sp³-hybridized carbons (Fsp3) is 0.333. The molecule has 1 amide bonds. The van der Waals surface area contributed by atoms with Crippen LogP contribution in [0.5, 0.6) is 0 Å². The number of nitrogen functional groups attached to an aromatic ring is 1. The third kappa shape index (κ3) is 3.88.